The van der Waals surface area contributed by atoms with E-state index in [0.29, 0.717) is 33.8 Å². The molecule has 3 rings (SSSR count). The molecule has 0 unspecified atom stereocenters. The monoisotopic (exact) mass is 472 g/mol. The van der Waals surface area contributed by atoms with Crippen molar-refractivity contribution in [2.45, 2.75) is 26.8 Å². The minimum atomic E-state index is -0.329. The van der Waals surface area contributed by atoms with Crippen LogP contribution >= 0.6 is 23.2 Å². The lowest BCUT2D eigenvalue weighted by Crippen LogP contribution is -2.20. The van der Waals surface area contributed by atoms with Gasteiger partial charge in [0, 0.05) is 22.9 Å². The third-order valence-electron chi connectivity index (χ3n) is 4.95. The number of halogens is 2. The van der Waals surface area contributed by atoms with Gasteiger partial charge in [0.15, 0.2) is 18.1 Å². The standard InChI is InChI=1S/C25H26Cl2N2O3/c1-4-17-6-9-19(10-7-17)28-14-18-11-22(27)25(23(12-18)31-3)32-15-24(30)29-20-8-5-16(2)21(26)13-20/h5-13,28H,4,14-15H2,1-3H3,(H,29,30). The van der Waals surface area contributed by atoms with E-state index in [0.717, 1.165) is 23.2 Å². The molecule has 3 aromatic carbocycles. The summed E-state index contributed by atoms with van der Waals surface area (Å²) in [4.78, 5) is 12.3. The largest absolute Gasteiger partial charge is 0.493 e. The predicted molar refractivity (Wildman–Crippen MR) is 131 cm³/mol. The SMILES string of the molecule is CCc1ccc(NCc2cc(Cl)c(OCC(=O)Nc3ccc(C)c(Cl)c3)c(OC)c2)cc1. The molecule has 0 fully saturated rings. The van der Waals surface area contributed by atoms with Crippen molar-refractivity contribution in [2.75, 3.05) is 24.4 Å². The third-order valence-corrected chi connectivity index (χ3v) is 5.64. The van der Waals surface area contributed by atoms with Gasteiger partial charge >= 0.3 is 0 Å². The molecule has 0 spiro atoms. The number of hydrogen-bond acceptors (Lipinski definition) is 4. The minimum absolute atomic E-state index is 0.219. The van der Waals surface area contributed by atoms with Gasteiger partial charge in [0.1, 0.15) is 0 Å². The summed E-state index contributed by atoms with van der Waals surface area (Å²) in [7, 11) is 1.54. The van der Waals surface area contributed by atoms with E-state index in [1.165, 1.54) is 12.7 Å². The molecule has 0 saturated carbocycles. The number of rotatable bonds is 9. The first-order valence-corrected chi connectivity index (χ1v) is 11.0. The molecule has 0 aliphatic heterocycles. The minimum Gasteiger partial charge on any atom is -0.493 e. The van der Waals surface area contributed by atoms with Crippen LogP contribution in [0.5, 0.6) is 11.5 Å². The zero-order chi connectivity index (χ0) is 23.1. The van der Waals surface area contributed by atoms with Gasteiger partial charge in [-0.15, -0.1) is 0 Å². The summed E-state index contributed by atoms with van der Waals surface area (Å²) < 4.78 is 11.1. The number of aryl methyl sites for hydroxylation is 2. The van der Waals surface area contributed by atoms with Crippen molar-refractivity contribution in [2.24, 2.45) is 0 Å². The topological polar surface area (TPSA) is 59.6 Å². The van der Waals surface area contributed by atoms with Crippen molar-refractivity contribution in [1.82, 2.24) is 0 Å². The molecular weight excluding hydrogens is 447 g/mol. The van der Waals surface area contributed by atoms with Crippen LogP contribution in [0.2, 0.25) is 10.0 Å². The summed E-state index contributed by atoms with van der Waals surface area (Å²) in [5, 5.41) is 7.07. The van der Waals surface area contributed by atoms with E-state index in [1.54, 1.807) is 18.2 Å². The average molecular weight is 473 g/mol. The van der Waals surface area contributed by atoms with Crippen molar-refractivity contribution < 1.29 is 14.3 Å². The summed E-state index contributed by atoms with van der Waals surface area (Å²) in [6.45, 7) is 4.37. The van der Waals surface area contributed by atoms with Crippen molar-refractivity contribution in [1.29, 1.82) is 0 Å². The summed E-state index contributed by atoms with van der Waals surface area (Å²) in [6.07, 6.45) is 1.01. The van der Waals surface area contributed by atoms with E-state index in [4.69, 9.17) is 32.7 Å². The fourth-order valence-corrected chi connectivity index (χ4v) is 3.55. The molecule has 168 valence electrons. The smallest absolute Gasteiger partial charge is 0.262 e. The molecule has 2 N–H and O–H groups in total. The molecule has 0 heterocycles. The lowest BCUT2D eigenvalue weighted by atomic mass is 10.1. The first kappa shape index (κ1) is 23.8. The maximum atomic E-state index is 12.3. The Morgan fingerprint density at radius 2 is 1.66 bits per heavy atom. The number of benzene rings is 3. The van der Waals surface area contributed by atoms with Gasteiger partial charge in [-0.1, -0.05) is 48.3 Å². The molecule has 7 heteroatoms. The highest BCUT2D eigenvalue weighted by Gasteiger charge is 2.14. The van der Waals surface area contributed by atoms with Crippen LogP contribution in [-0.2, 0) is 17.8 Å². The van der Waals surface area contributed by atoms with Gasteiger partial charge < -0.3 is 20.1 Å². The lowest BCUT2D eigenvalue weighted by Gasteiger charge is -2.15. The molecule has 5 nitrogen and oxygen atoms in total. The Morgan fingerprint density at radius 1 is 0.938 bits per heavy atom. The average Bonchev–Trinajstić information content (AvgIpc) is 2.79. The van der Waals surface area contributed by atoms with Crippen LogP contribution in [0.4, 0.5) is 11.4 Å². The molecular formula is C25H26Cl2N2O3. The molecule has 0 atom stereocenters. The number of carbonyl (C=O) groups is 1. The number of methoxy groups -OCH3 is 1. The Kier molecular flexibility index (Phi) is 8.26. The molecule has 32 heavy (non-hydrogen) atoms. The van der Waals surface area contributed by atoms with E-state index in [1.807, 2.05) is 19.1 Å². The van der Waals surface area contributed by atoms with E-state index >= 15 is 0 Å². The van der Waals surface area contributed by atoms with Gasteiger partial charge in [-0.3, -0.25) is 4.79 Å². The molecule has 0 aromatic heterocycles. The number of hydrogen-bond donors (Lipinski definition) is 2. The van der Waals surface area contributed by atoms with Gasteiger partial charge in [0.05, 0.1) is 12.1 Å². The number of amides is 1. The fraction of sp³-hybridized carbons (Fsp3) is 0.240. The summed E-state index contributed by atoms with van der Waals surface area (Å²) >= 11 is 12.5. The van der Waals surface area contributed by atoms with Gasteiger partial charge in [0.2, 0.25) is 0 Å². The van der Waals surface area contributed by atoms with E-state index < -0.39 is 0 Å². The summed E-state index contributed by atoms with van der Waals surface area (Å²) in [6, 6.07) is 17.2. The van der Waals surface area contributed by atoms with E-state index in [2.05, 4.69) is 41.8 Å². The van der Waals surface area contributed by atoms with Crippen LogP contribution in [-0.4, -0.2) is 19.6 Å². The molecule has 0 bridgehead atoms. The second-order valence-corrected chi connectivity index (χ2v) is 8.13. The van der Waals surface area contributed by atoms with Crippen LogP contribution in [0.3, 0.4) is 0 Å². The van der Waals surface area contributed by atoms with Crippen LogP contribution in [0.1, 0.15) is 23.6 Å². The Morgan fingerprint density at radius 3 is 2.31 bits per heavy atom. The van der Waals surface area contributed by atoms with E-state index in [-0.39, 0.29) is 12.5 Å². The van der Waals surface area contributed by atoms with Gasteiger partial charge in [-0.05, 0) is 66.4 Å². The van der Waals surface area contributed by atoms with Gasteiger partial charge in [0.25, 0.3) is 5.91 Å². The molecule has 0 saturated heterocycles. The summed E-state index contributed by atoms with van der Waals surface area (Å²) in [5.74, 6) is 0.452. The lowest BCUT2D eigenvalue weighted by molar-refractivity contribution is -0.118. The first-order chi connectivity index (χ1) is 15.4. The second-order valence-electron chi connectivity index (χ2n) is 7.31. The Labute approximate surface area is 198 Å². The highest BCUT2D eigenvalue weighted by atomic mass is 35.5. The fourth-order valence-electron chi connectivity index (χ4n) is 3.08. The second kappa shape index (κ2) is 11.1. The molecule has 1 amide bonds. The Bertz CT molecular complexity index is 1090. The van der Waals surface area contributed by atoms with Gasteiger partial charge in [-0.2, -0.15) is 0 Å². The molecule has 0 aliphatic rings. The van der Waals surface area contributed by atoms with Crippen molar-refractivity contribution in [3.8, 4) is 11.5 Å². The Balaban J connectivity index is 1.62. The predicted octanol–water partition coefficient (Wildman–Crippen LogP) is 6.50. The first-order valence-electron chi connectivity index (χ1n) is 10.3. The van der Waals surface area contributed by atoms with Crippen LogP contribution in [0.15, 0.2) is 54.6 Å². The maximum absolute atomic E-state index is 12.3. The quantitative estimate of drug-likeness (QED) is 0.372. The van der Waals surface area contributed by atoms with Crippen molar-refractivity contribution in [3.05, 3.63) is 81.3 Å². The maximum Gasteiger partial charge on any atom is 0.262 e. The number of anilines is 2. The van der Waals surface area contributed by atoms with Crippen molar-refractivity contribution in [3.63, 3.8) is 0 Å². The van der Waals surface area contributed by atoms with Crippen molar-refractivity contribution >= 4 is 40.5 Å². The number of carbonyl (C=O) groups excluding carboxylic acids is 1. The molecule has 3 aromatic rings. The van der Waals surface area contributed by atoms with Gasteiger partial charge in [-0.25, -0.2) is 0 Å². The van der Waals surface area contributed by atoms with Crippen LogP contribution in [0, 0.1) is 6.92 Å². The number of ether oxygens (including phenoxy) is 2. The zero-order valence-corrected chi connectivity index (χ0v) is 19.8. The normalized spacial score (nSPS) is 10.5. The molecule has 0 radical (unpaired) electrons. The summed E-state index contributed by atoms with van der Waals surface area (Å²) in [5.41, 5.74) is 4.77. The van der Waals surface area contributed by atoms with Crippen LogP contribution in [0.25, 0.3) is 0 Å². The highest BCUT2D eigenvalue weighted by molar-refractivity contribution is 6.32. The van der Waals surface area contributed by atoms with Crippen LogP contribution < -0.4 is 20.1 Å². The number of nitrogens with one attached hydrogen (secondary N) is 2. The Hall–Kier alpha value is -2.89. The zero-order valence-electron chi connectivity index (χ0n) is 18.3. The van der Waals surface area contributed by atoms with E-state index in [9.17, 15) is 4.79 Å². The third kappa shape index (κ3) is 6.31. The highest BCUT2D eigenvalue weighted by Crippen LogP contribution is 2.36. The molecule has 0 aliphatic carbocycles.